The molecule has 3 aromatic rings. The number of nitrogens with zero attached hydrogens (tertiary/aromatic N) is 1. The molecule has 1 aliphatic heterocycles. The Hall–Kier alpha value is -3.68. The van der Waals surface area contributed by atoms with Crippen LogP contribution in [0.2, 0.25) is 0 Å². The van der Waals surface area contributed by atoms with Crippen LogP contribution < -0.4 is 15.5 Å². The summed E-state index contributed by atoms with van der Waals surface area (Å²) in [6.07, 6.45) is 0. The summed E-state index contributed by atoms with van der Waals surface area (Å²) >= 11 is 0. The van der Waals surface area contributed by atoms with Crippen molar-refractivity contribution < 1.29 is 19.4 Å². The zero-order valence-corrected chi connectivity index (χ0v) is 18.7. The van der Waals surface area contributed by atoms with Crippen LogP contribution >= 0.6 is 0 Å². The standard InChI is InChI=1S/C27H27N3O4/c31-17-24(26(32)28-18-9-11-19(12-10-18)30-13-15-34-16-14-30)29-27(33)25-22-7-3-1-5-20(22)21-6-2-4-8-23(21)25/h1-12,24-25,31H,13-17H2,(H,28,32)(H,29,33)/t24-/m0/s1. The Kier molecular flexibility index (Phi) is 6.29. The molecule has 0 unspecified atom stereocenters. The summed E-state index contributed by atoms with van der Waals surface area (Å²) in [7, 11) is 0. The van der Waals surface area contributed by atoms with Gasteiger partial charge in [-0.2, -0.15) is 0 Å². The number of nitrogens with one attached hydrogen (secondary N) is 2. The average molecular weight is 458 g/mol. The summed E-state index contributed by atoms with van der Waals surface area (Å²) in [6, 6.07) is 22.0. The quantitative estimate of drug-likeness (QED) is 0.530. The first kappa shape index (κ1) is 22.1. The van der Waals surface area contributed by atoms with Gasteiger partial charge >= 0.3 is 0 Å². The van der Waals surface area contributed by atoms with Crippen molar-refractivity contribution in [2.24, 2.45) is 0 Å². The van der Waals surface area contributed by atoms with E-state index in [4.69, 9.17) is 4.74 Å². The minimum absolute atomic E-state index is 0.311. The number of fused-ring (bicyclic) bond motifs is 3. The number of anilines is 2. The second-order valence-corrected chi connectivity index (χ2v) is 8.49. The summed E-state index contributed by atoms with van der Waals surface area (Å²) in [4.78, 5) is 28.4. The third-order valence-corrected chi connectivity index (χ3v) is 6.42. The van der Waals surface area contributed by atoms with Crippen LogP contribution in [-0.4, -0.2) is 55.9 Å². The van der Waals surface area contributed by atoms with Crippen molar-refractivity contribution in [1.82, 2.24) is 5.32 Å². The predicted molar refractivity (Wildman–Crippen MR) is 131 cm³/mol. The number of aliphatic hydroxyl groups is 1. The van der Waals surface area contributed by atoms with E-state index in [-0.39, 0.29) is 5.91 Å². The van der Waals surface area contributed by atoms with E-state index < -0.39 is 24.5 Å². The van der Waals surface area contributed by atoms with Gasteiger partial charge in [-0.05, 0) is 46.5 Å². The summed E-state index contributed by atoms with van der Waals surface area (Å²) in [6.45, 7) is 2.56. The van der Waals surface area contributed by atoms with Gasteiger partial charge in [-0.15, -0.1) is 0 Å². The molecule has 1 fully saturated rings. The number of rotatable bonds is 6. The lowest BCUT2D eigenvalue weighted by Crippen LogP contribution is -2.47. The van der Waals surface area contributed by atoms with Crippen molar-refractivity contribution in [1.29, 1.82) is 0 Å². The van der Waals surface area contributed by atoms with Crippen LogP contribution in [0.4, 0.5) is 11.4 Å². The second kappa shape index (κ2) is 9.67. The molecule has 3 N–H and O–H groups in total. The van der Waals surface area contributed by atoms with E-state index in [0.717, 1.165) is 41.0 Å². The smallest absolute Gasteiger partial charge is 0.249 e. The number of amides is 2. The first-order chi connectivity index (χ1) is 16.7. The van der Waals surface area contributed by atoms with Crippen molar-refractivity contribution in [2.75, 3.05) is 43.1 Å². The molecule has 0 aromatic heterocycles. The van der Waals surface area contributed by atoms with E-state index in [1.165, 1.54) is 0 Å². The van der Waals surface area contributed by atoms with E-state index in [1.54, 1.807) is 0 Å². The van der Waals surface area contributed by atoms with Crippen molar-refractivity contribution in [2.45, 2.75) is 12.0 Å². The van der Waals surface area contributed by atoms with Crippen LogP contribution in [0.3, 0.4) is 0 Å². The Morgan fingerprint density at radius 3 is 2.09 bits per heavy atom. The number of carbonyl (C=O) groups excluding carboxylic acids is 2. The topological polar surface area (TPSA) is 90.9 Å². The highest BCUT2D eigenvalue weighted by atomic mass is 16.5. The molecule has 1 saturated heterocycles. The lowest BCUT2D eigenvalue weighted by molar-refractivity contribution is -0.127. The van der Waals surface area contributed by atoms with Crippen LogP contribution in [0, 0.1) is 0 Å². The maximum Gasteiger partial charge on any atom is 0.249 e. The first-order valence-corrected chi connectivity index (χ1v) is 11.5. The molecule has 1 heterocycles. The van der Waals surface area contributed by atoms with E-state index >= 15 is 0 Å². The van der Waals surface area contributed by atoms with Gasteiger partial charge in [-0.1, -0.05) is 48.5 Å². The van der Waals surface area contributed by atoms with E-state index in [9.17, 15) is 14.7 Å². The minimum atomic E-state index is -1.06. The highest BCUT2D eigenvalue weighted by Crippen LogP contribution is 2.44. The summed E-state index contributed by atoms with van der Waals surface area (Å²) in [5, 5.41) is 15.4. The van der Waals surface area contributed by atoms with Gasteiger partial charge in [-0.3, -0.25) is 9.59 Å². The summed E-state index contributed by atoms with van der Waals surface area (Å²) < 4.78 is 5.39. The fourth-order valence-electron chi connectivity index (χ4n) is 4.69. The SMILES string of the molecule is O=C(N[C@@H](CO)C(=O)Nc1ccc(N2CCOCC2)cc1)C1c2ccccc2-c2ccccc21. The molecule has 7 heteroatoms. The Bertz CT molecular complexity index is 1140. The highest BCUT2D eigenvalue weighted by Gasteiger charge is 2.35. The number of benzene rings is 3. The molecule has 0 saturated carbocycles. The molecule has 34 heavy (non-hydrogen) atoms. The van der Waals surface area contributed by atoms with Crippen LogP contribution in [0.15, 0.2) is 72.8 Å². The van der Waals surface area contributed by atoms with Crippen LogP contribution in [0.5, 0.6) is 0 Å². The number of hydrogen-bond donors (Lipinski definition) is 3. The fourth-order valence-corrected chi connectivity index (χ4v) is 4.69. The van der Waals surface area contributed by atoms with Crippen LogP contribution in [0.25, 0.3) is 11.1 Å². The number of aliphatic hydroxyl groups excluding tert-OH is 1. The molecular weight excluding hydrogens is 430 g/mol. The van der Waals surface area contributed by atoms with E-state index in [0.29, 0.717) is 18.9 Å². The molecule has 3 aromatic carbocycles. The van der Waals surface area contributed by atoms with Gasteiger partial charge in [0, 0.05) is 24.5 Å². The maximum absolute atomic E-state index is 13.3. The average Bonchev–Trinajstić information content (AvgIpc) is 3.22. The fraction of sp³-hybridized carbons (Fsp3) is 0.259. The van der Waals surface area contributed by atoms with Gasteiger partial charge < -0.3 is 25.4 Å². The summed E-state index contributed by atoms with van der Waals surface area (Å²) in [5.74, 6) is -1.30. The molecule has 0 radical (unpaired) electrons. The number of morpholine rings is 1. The normalized spacial score (nSPS) is 15.9. The largest absolute Gasteiger partial charge is 0.394 e. The zero-order valence-electron chi connectivity index (χ0n) is 18.7. The third-order valence-electron chi connectivity index (χ3n) is 6.42. The molecular formula is C27H27N3O4. The van der Waals surface area contributed by atoms with Crippen molar-refractivity contribution in [3.05, 3.63) is 83.9 Å². The van der Waals surface area contributed by atoms with Crippen LogP contribution in [-0.2, 0) is 14.3 Å². The lowest BCUT2D eigenvalue weighted by atomic mass is 9.95. The number of hydrogen-bond acceptors (Lipinski definition) is 5. The Morgan fingerprint density at radius 2 is 1.50 bits per heavy atom. The second-order valence-electron chi connectivity index (χ2n) is 8.49. The van der Waals surface area contributed by atoms with Gasteiger partial charge in [0.15, 0.2) is 0 Å². The Labute approximate surface area is 198 Å². The molecule has 5 rings (SSSR count). The van der Waals surface area contributed by atoms with Gasteiger partial charge in [0.1, 0.15) is 6.04 Å². The molecule has 1 atom stereocenters. The molecule has 174 valence electrons. The monoisotopic (exact) mass is 457 g/mol. The van der Waals surface area contributed by atoms with Crippen molar-refractivity contribution >= 4 is 23.2 Å². The molecule has 2 amide bonds. The summed E-state index contributed by atoms with van der Waals surface area (Å²) in [5.41, 5.74) is 5.50. The van der Waals surface area contributed by atoms with Gasteiger partial charge in [-0.25, -0.2) is 0 Å². The Morgan fingerprint density at radius 1 is 0.912 bits per heavy atom. The maximum atomic E-state index is 13.3. The van der Waals surface area contributed by atoms with E-state index in [1.807, 2.05) is 72.8 Å². The van der Waals surface area contributed by atoms with Gasteiger partial charge in [0.05, 0.1) is 25.7 Å². The highest BCUT2D eigenvalue weighted by molar-refractivity contribution is 6.01. The van der Waals surface area contributed by atoms with E-state index in [2.05, 4.69) is 15.5 Å². The Balaban J connectivity index is 1.27. The number of ether oxygens (including phenoxy) is 1. The molecule has 0 bridgehead atoms. The molecule has 1 aliphatic carbocycles. The predicted octanol–water partition coefficient (Wildman–Crippen LogP) is 2.75. The zero-order chi connectivity index (χ0) is 23.5. The molecule has 7 nitrogen and oxygen atoms in total. The molecule has 0 spiro atoms. The third kappa shape index (κ3) is 4.27. The molecule has 2 aliphatic rings. The van der Waals surface area contributed by atoms with Gasteiger partial charge in [0.25, 0.3) is 0 Å². The lowest BCUT2D eigenvalue weighted by Gasteiger charge is -2.29. The first-order valence-electron chi connectivity index (χ1n) is 11.5. The van der Waals surface area contributed by atoms with Crippen molar-refractivity contribution in [3.8, 4) is 11.1 Å². The van der Waals surface area contributed by atoms with Gasteiger partial charge in [0.2, 0.25) is 11.8 Å². The number of carbonyl (C=O) groups is 2. The minimum Gasteiger partial charge on any atom is -0.394 e. The van der Waals surface area contributed by atoms with Crippen molar-refractivity contribution in [3.63, 3.8) is 0 Å². The van der Waals surface area contributed by atoms with Crippen LogP contribution in [0.1, 0.15) is 17.0 Å².